The number of sulfonamides is 1. The zero-order valence-electron chi connectivity index (χ0n) is 19.5. The van der Waals surface area contributed by atoms with E-state index < -0.39 is 10.0 Å². The van der Waals surface area contributed by atoms with Gasteiger partial charge in [0.05, 0.1) is 12.0 Å². The molecule has 1 unspecified atom stereocenters. The molecule has 8 heteroatoms. The van der Waals surface area contributed by atoms with Crippen LogP contribution >= 0.6 is 0 Å². The summed E-state index contributed by atoms with van der Waals surface area (Å²) >= 11 is 0. The highest BCUT2D eigenvalue weighted by atomic mass is 32.2. The van der Waals surface area contributed by atoms with Gasteiger partial charge in [-0.15, -0.1) is 0 Å². The van der Waals surface area contributed by atoms with E-state index in [1.807, 2.05) is 25.1 Å². The maximum atomic E-state index is 13.6. The van der Waals surface area contributed by atoms with Gasteiger partial charge in [0.1, 0.15) is 10.7 Å². The normalized spacial score (nSPS) is 18.8. The standard InChI is InChI=1S/C25H35N3O4S/c1-20(10-12-22-9-8-18-32-22)26-25(29)21-11-13-23(27-14-4-2-5-15-27)24(19-21)33(30,31)28-16-6-3-7-17-28/h8-9,11,13,18-20H,2-7,10,12,14-17H2,1H3,(H,26,29). The number of benzene rings is 1. The van der Waals surface area contributed by atoms with Gasteiger partial charge in [-0.05, 0) is 75.8 Å². The molecule has 0 radical (unpaired) electrons. The van der Waals surface area contributed by atoms with Crippen LogP contribution in [0.25, 0.3) is 0 Å². The first-order chi connectivity index (χ1) is 15.9. The van der Waals surface area contributed by atoms with E-state index >= 15 is 0 Å². The average molecular weight is 474 g/mol. The Balaban J connectivity index is 1.55. The lowest BCUT2D eigenvalue weighted by molar-refractivity contribution is 0.0938. The Morgan fingerprint density at radius 3 is 2.39 bits per heavy atom. The molecule has 1 amide bonds. The van der Waals surface area contributed by atoms with Crippen molar-refractivity contribution >= 4 is 21.6 Å². The van der Waals surface area contributed by atoms with Crippen LogP contribution in [0.4, 0.5) is 5.69 Å². The summed E-state index contributed by atoms with van der Waals surface area (Å²) in [6.45, 7) is 4.73. The van der Waals surface area contributed by atoms with Crippen molar-refractivity contribution in [3.8, 4) is 0 Å². The maximum absolute atomic E-state index is 13.6. The SMILES string of the molecule is CC(CCc1ccco1)NC(=O)c1ccc(N2CCCCC2)c(S(=O)(=O)N2CCCCC2)c1. The van der Waals surface area contributed by atoms with E-state index in [0.717, 1.165) is 69.5 Å². The first-order valence-corrected chi connectivity index (χ1v) is 13.6. The van der Waals surface area contributed by atoms with Gasteiger partial charge in [-0.25, -0.2) is 8.42 Å². The van der Waals surface area contributed by atoms with Crippen LogP contribution in [-0.2, 0) is 16.4 Å². The van der Waals surface area contributed by atoms with Crippen LogP contribution in [-0.4, -0.2) is 50.9 Å². The highest BCUT2D eigenvalue weighted by molar-refractivity contribution is 7.89. The molecule has 1 aromatic heterocycles. The minimum absolute atomic E-state index is 0.0634. The van der Waals surface area contributed by atoms with Gasteiger partial charge < -0.3 is 14.6 Å². The fourth-order valence-corrected chi connectivity index (χ4v) is 6.45. The van der Waals surface area contributed by atoms with Gasteiger partial charge >= 0.3 is 0 Å². The van der Waals surface area contributed by atoms with Crippen molar-refractivity contribution in [2.75, 3.05) is 31.1 Å². The van der Waals surface area contributed by atoms with Gasteiger partial charge in [0.15, 0.2) is 0 Å². The topological polar surface area (TPSA) is 82.9 Å². The maximum Gasteiger partial charge on any atom is 0.251 e. The number of nitrogens with zero attached hydrogens (tertiary/aromatic N) is 2. The third kappa shape index (κ3) is 5.79. The van der Waals surface area contributed by atoms with Crippen LogP contribution in [0.3, 0.4) is 0 Å². The second-order valence-corrected chi connectivity index (χ2v) is 11.1. The molecule has 0 saturated carbocycles. The molecule has 2 saturated heterocycles. The van der Waals surface area contributed by atoms with E-state index in [1.165, 1.54) is 6.42 Å². The Morgan fingerprint density at radius 2 is 1.73 bits per heavy atom. The van der Waals surface area contributed by atoms with Gasteiger partial charge in [0, 0.05) is 44.2 Å². The fraction of sp³-hybridized carbons (Fsp3) is 0.560. The van der Waals surface area contributed by atoms with Crippen molar-refractivity contribution in [1.82, 2.24) is 9.62 Å². The summed E-state index contributed by atoms with van der Waals surface area (Å²) in [5.41, 5.74) is 1.11. The molecule has 0 aliphatic carbocycles. The van der Waals surface area contributed by atoms with E-state index in [9.17, 15) is 13.2 Å². The fourth-order valence-electron chi connectivity index (χ4n) is 4.70. The molecule has 3 heterocycles. The van der Waals surface area contributed by atoms with Gasteiger partial charge in [-0.3, -0.25) is 4.79 Å². The van der Waals surface area contributed by atoms with Crippen molar-refractivity contribution in [1.29, 1.82) is 0 Å². The molecule has 4 rings (SSSR count). The quantitative estimate of drug-likeness (QED) is 0.621. The second kappa shape index (κ2) is 10.7. The predicted molar refractivity (Wildman–Crippen MR) is 129 cm³/mol. The van der Waals surface area contributed by atoms with E-state index in [2.05, 4.69) is 10.2 Å². The number of rotatable bonds is 8. The zero-order valence-corrected chi connectivity index (χ0v) is 20.3. The van der Waals surface area contributed by atoms with Crippen LogP contribution in [0.1, 0.15) is 68.0 Å². The molecule has 0 spiro atoms. The summed E-state index contributed by atoms with van der Waals surface area (Å²) in [5.74, 6) is 0.638. The van der Waals surface area contributed by atoms with Crippen LogP contribution in [0.15, 0.2) is 45.9 Å². The van der Waals surface area contributed by atoms with Crippen molar-refractivity contribution in [2.45, 2.75) is 69.2 Å². The number of aryl methyl sites for hydroxylation is 1. The van der Waals surface area contributed by atoms with Crippen LogP contribution in [0.5, 0.6) is 0 Å². The lowest BCUT2D eigenvalue weighted by Gasteiger charge is -2.33. The zero-order chi connectivity index (χ0) is 23.3. The number of carbonyl (C=O) groups is 1. The molecule has 2 aliphatic rings. The Kier molecular flexibility index (Phi) is 7.75. The third-order valence-electron chi connectivity index (χ3n) is 6.63. The van der Waals surface area contributed by atoms with Gasteiger partial charge in [0.2, 0.25) is 10.0 Å². The lowest BCUT2D eigenvalue weighted by atomic mass is 10.1. The first-order valence-electron chi connectivity index (χ1n) is 12.2. The number of anilines is 1. The van der Waals surface area contributed by atoms with Gasteiger partial charge in [-0.1, -0.05) is 6.42 Å². The molecular weight excluding hydrogens is 438 g/mol. The number of furan rings is 1. The molecule has 33 heavy (non-hydrogen) atoms. The largest absolute Gasteiger partial charge is 0.469 e. The Morgan fingerprint density at radius 1 is 1.03 bits per heavy atom. The molecule has 1 atom stereocenters. The van der Waals surface area contributed by atoms with Gasteiger partial charge in [-0.2, -0.15) is 4.31 Å². The summed E-state index contributed by atoms with van der Waals surface area (Å²) in [4.78, 5) is 15.4. The van der Waals surface area contributed by atoms with Crippen LogP contribution < -0.4 is 10.2 Å². The monoisotopic (exact) mass is 473 g/mol. The van der Waals surface area contributed by atoms with Crippen LogP contribution in [0.2, 0.25) is 0 Å². The first kappa shape index (κ1) is 23.8. The van der Waals surface area contributed by atoms with E-state index in [4.69, 9.17) is 4.42 Å². The third-order valence-corrected chi connectivity index (χ3v) is 8.56. The second-order valence-electron chi connectivity index (χ2n) is 9.19. The van der Waals surface area contributed by atoms with Crippen molar-refractivity contribution < 1.29 is 17.6 Å². The van der Waals surface area contributed by atoms with E-state index in [1.54, 1.807) is 22.7 Å². The van der Waals surface area contributed by atoms with E-state index in [-0.39, 0.29) is 16.8 Å². The summed E-state index contributed by atoms with van der Waals surface area (Å²) < 4.78 is 34.2. The summed E-state index contributed by atoms with van der Waals surface area (Å²) in [7, 11) is -3.67. The molecule has 2 aromatic rings. The minimum atomic E-state index is -3.67. The minimum Gasteiger partial charge on any atom is -0.469 e. The predicted octanol–water partition coefficient (Wildman–Crippen LogP) is 4.20. The molecule has 180 valence electrons. The van der Waals surface area contributed by atoms with Crippen LogP contribution in [0, 0.1) is 0 Å². The number of carbonyl (C=O) groups excluding carboxylic acids is 1. The summed E-state index contributed by atoms with van der Waals surface area (Å²) in [5, 5.41) is 3.01. The summed E-state index contributed by atoms with van der Waals surface area (Å²) in [6.07, 6.45) is 9.21. The van der Waals surface area contributed by atoms with Gasteiger partial charge in [0.25, 0.3) is 5.91 Å². The van der Waals surface area contributed by atoms with E-state index in [0.29, 0.717) is 18.7 Å². The Labute approximate surface area is 197 Å². The smallest absolute Gasteiger partial charge is 0.251 e. The molecule has 1 N–H and O–H groups in total. The lowest BCUT2D eigenvalue weighted by Crippen LogP contribution is -2.38. The Hall–Kier alpha value is -2.32. The highest BCUT2D eigenvalue weighted by Gasteiger charge is 2.31. The number of piperidine rings is 2. The molecule has 1 aromatic carbocycles. The van der Waals surface area contributed by atoms with Crippen molar-refractivity contribution in [3.05, 3.63) is 47.9 Å². The highest BCUT2D eigenvalue weighted by Crippen LogP contribution is 2.32. The molecule has 0 bridgehead atoms. The molecular formula is C25H35N3O4S. The number of hydrogen-bond donors (Lipinski definition) is 1. The van der Waals surface area contributed by atoms with Crippen molar-refractivity contribution in [3.63, 3.8) is 0 Å². The molecule has 2 fully saturated rings. The molecule has 7 nitrogen and oxygen atoms in total. The number of amides is 1. The number of hydrogen-bond acceptors (Lipinski definition) is 5. The Bertz CT molecular complexity index is 1020. The average Bonchev–Trinajstić information content (AvgIpc) is 3.37. The summed E-state index contributed by atoms with van der Waals surface area (Å²) in [6, 6.07) is 8.88. The van der Waals surface area contributed by atoms with Crippen molar-refractivity contribution in [2.24, 2.45) is 0 Å². The number of nitrogens with one attached hydrogen (secondary N) is 1. The molecule has 2 aliphatic heterocycles.